The highest BCUT2D eigenvalue weighted by atomic mass is 17.2. The molecule has 1 heterocycles. The van der Waals surface area contributed by atoms with Crippen molar-refractivity contribution in [2.24, 2.45) is 0 Å². The van der Waals surface area contributed by atoms with Crippen molar-refractivity contribution >= 4 is 0 Å². The van der Waals surface area contributed by atoms with E-state index in [1.165, 1.54) is 0 Å². The van der Waals surface area contributed by atoms with Gasteiger partial charge in [-0.3, -0.25) is 0 Å². The van der Waals surface area contributed by atoms with Crippen LogP contribution in [0.4, 0.5) is 0 Å². The van der Waals surface area contributed by atoms with Crippen molar-refractivity contribution in [1.29, 1.82) is 0 Å². The van der Waals surface area contributed by atoms with E-state index in [1.54, 1.807) is 0 Å². The van der Waals surface area contributed by atoms with E-state index in [-0.39, 0.29) is 11.7 Å². The molecule has 14 heavy (non-hydrogen) atoms. The van der Waals surface area contributed by atoms with Gasteiger partial charge >= 0.3 is 0 Å². The standard InChI is InChI=1S/C11H22O3/c1-6-11(7-2)12-9(3)8-10(4,5)13-14-11/h9H,6-8H2,1-5H3. The topological polar surface area (TPSA) is 27.7 Å². The molecule has 1 rings (SSSR count). The van der Waals surface area contributed by atoms with Crippen molar-refractivity contribution in [3.05, 3.63) is 0 Å². The van der Waals surface area contributed by atoms with E-state index in [2.05, 4.69) is 20.8 Å². The lowest BCUT2D eigenvalue weighted by Crippen LogP contribution is -2.35. The number of hydrogen-bond donors (Lipinski definition) is 0. The molecular formula is C11H22O3. The summed E-state index contributed by atoms with van der Waals surface area (Å²) in [5.41, 5.74) is -0.258. The Morgan fingerprint density at radius 2 is 1.71 bits per heavy atom. The fraction of sp³-hybridized carbons (Fsp3) is 1.00. The Kier molecular flexibility index (Phi) is 3.56. The lowest BCUT2D eigenvalue weighted by molar-refractivity contribution is -0.448. The summed E-state index contributed by atoms with van der Waals surface area (Å²) in [6, 6.07) is 0. The van der Waals surface area contributed by atoms with Crippen molar-refractivity contribution in [2.45, 2.75) is 71.4 Å². The summed E-state index contributed by atoms with van der Waals surface area (Å²) in [6.45, 7) is 10.2. The largest absolute Gasteiger partial charge is 0.344 e. The Morgan fingerprint density at radius 1 is 1.14 bits per heavy atom. The van der Waals surface area contributed by atoms with Crippen LogP contribution in [0.3, 0.4) is 0 Å². The maximum atomic E-state index is 5.89. The molecule has 1 fully saturated rings. The second kappa shape index (κ2) is 4.17. The Balaban J connectivity index is 2.75. The van der Waals surface area contributed by atoms with E-state index in [0.717, 1.165) is 19.3 Å². The molecule has 3 nitrogen and oxygen atoms in total. The van der Waals surface area contributed by atoms with Crippen LogP contribution in [0.2, 0.25) is 0 Å². The van der Waals surface area contributed by atoms with Crippen LogP contribution >= 0.6 is 0 Å². The van der Waals surface area contributed by atoms with E-state index in [9.17, 15) is 0 Å². The van der Waals surface area contributed by atoms with Gasteiger partial charge in [0.15, 0.2) is 0 Å². The van der Waals surface area contributed by atoms with Crippen molar-refractivity contribution < 1.29 is 14.5 Å². The van der Waals surface area contributed by atoms with E-state index < -0.39 is 5.79 Å². The summed E-state index contributed by atoms with van der Waals surface area (Å²) >= 11 is 0. The molecule has 84 valence electrons. The van der Waals surface area contributed by atoms with Crippen molar-refractivity contribution in [3.63, 3.8) is 0 Å². The zero-order chi connectivity index (χ0) is 10.8. The first-order valence-corrected chi connectivity index (χ1v) is 5.48. The second-order valence-corrected chi connectivity index (χ2v) is 4.68. The smallest absolute Gasteiger partial charge is 0.201 e. The van der Waals surface area contributed by atoms with Gasteiger partial charge in [-0.2, -0.15) is 0 Å². The molecular weight excluding hydrogens is 180 g/mol. The zero-order valence-corrected chi connectivity index (χ0v) is 9.92. The first-order valence-electron chi connectivity index (χ1n) is 5.48. The minimum atomic E-state index is -0.548. The van der Waals surface area contributed by atoms with Crippen LogP contribution in [-0.4, -0.2) is 17.5 Å². The summed E-state index contributed by atoms with van der Waals surface area (Å²) in [7, 11) is 0. The molecule has 0 bridgehead atoms. The van der Waals surface area contributed by atoms with Crippen LogP contribution in [0.15, 0.2) is 0 Å². The van der Waals surface area contributed by atoms with Crippen molar-refractivity contribution in [1.82, 2.24) is 0 Å². The summed E-state index contributed by atoms with van der Waals surface area (Å²) in [5.74, 6) is -0.548. The summed E-state index contributed by atoms with van der Waals surface area (Å²) in [6.07, 6.45) is 2.65. The fourth-order valence-electron chi connectivity index (χ4n) is 1.88. The van der Waals surface area contributed by atoms with Gasteiger partial charge in [-0.1, -0.05) is 13.8 Å². The average Bonchev–Trinajstić information content (AvgIpc) is 2.22. The molecule has 1 aliphatic heterocycles. The Morgan fingerprint density at radius 3 is 2.21 bits per heavy atom. The quantitative estimate of drug-likeness (QED) is 0.644. The lowest BCUT2D eigenvalue weighted by atomic mass is 10.0. The van der Waals surface area contributed by atoms with E-state index in [1.807, 2.05) is 13.8 Å². The maximum Gasteiger partial charge on any atom is 0.201 e. The van der Waals surface area contributed by atoms with Gasteiger partial charge in [0.2, 0.25) is 5.79 Å². The van der Waals surface area contributed by atoms with Gasteiger partial charge in [0.25, 0.3) is 0 Å². The molecule has 0 radical (unpaired) electrons. The highest BCUT2D eigenvalue weighted by Gasteiger charge is 2.39. The fourth-order valence-corrected chi connectivity index (χ4v) is 1.88. The predicted molar refractivity (Wildman–Crippen MR) is 54.7 cm³/mol. The van der Waals surface area contributed by atoms with Crippen molar-refractivity contribution in [3.8, 4) is 0 Å². The molecule has 1 unspecified atom stereocenters. The van der Waals surface area contributed by atoms with Gasteiger partial charge in [-0.15, -0.1) is 0 Å². The molecule has 0 aromatic rings. The van der Waals surface area contributed by atoms with Gasteiger partial charge in [-0.25, -0.2) is 9.78 Å². The summed E-state index contributed by atoms with van der Waals surface area (Å²) < 4.78 is 5.89. The van der Waals surface area contributed by atoms with Crippen LogP contribution in [-0.2, 0) is 14.5 Å². The van der Waals surface area contributed by atoms with Crippen LogP contribution in [0.25, 0.3) is 0 Å². The molecule has 0 aromatic carbocycles. The molecule has 0 aliphatic carbocycles. The number of ether oxygens (including phenoxy) is 1. The van der Waals surface area contributed by atoms with Gasteiger partial charge in [0.05, 0.1) is 6.10 Å². The third-order valence-electron chi connectivity index (χ3n) is 2.69. The van der Waals surface area contributed by atoms with Crippen LogP contribution < -0.4 is 0 Å². The van der Waals surface area contributed by atoms with E-state index in [4.69, 9.17) is 14.5 Å². The minimum absolute atomic E-state index is 0.174. The van der Waals surface area contributed by atoms with E-state index >= 15 is 0 Å². The highest BCUT2D eigenvalue weighted by Crippen LogP contribution is 2.33. The van der Waals surface area contributed by atoms with Gasteiger partial charge in [0.1, 0.15) is 5.60 Å². The predicted octanol–water partition coefficient (Wildman–Crippen LogP) is 3.04. The third-order valence-corrected chi connectivity index (χ3v) is 2.69. The Hall–Kier alpha value is -0.120. The molecule has 3 heteroatoms. The Labute approximate surface area is 86.7 Å². The van der Waals surface area contributed by atoms with Gasteiger partial charge in [-0.05, 0) is 20.8 Å². The molecule has 0 amide bonds. The average molecular weight is 202 g/mol. The van der Waals surface area contributed by atoms with Crippen LogP contribution in [0.5, 0.6) is 0 Å². The number of hydrogen-bond acceptors (Lipinski definition) is 3. The molecule has 0 spiro atoms. The number of rotatable bonds is 2. The molecule has 1 saturated heterocycles. The summed E-state index contributed by atoms with van der Waals surface area (Å²) in [5, 5.41) is 0. The second-order valence-electron chi connectivity index (χ2n) is 4.68. The van der Waals surface area contributed by atoms with Gasteiger partial charge < -0.3 is 4.74 Å². The lowest BCUT2D eigenvalue weighted by Gasteiger charge is -2.30. The molecule has 1 aliphatic rings. The zero-order valence-electron chi connectivity index (χ0n) is 9.92. The SMILES string of the molecule is CCC1(CC)OOC(C)(C)CC(C)O1. The maximum absolute atomic E-state index is 5.89. The van der Waals surface area contributed by atoms with Gasteiger partial charge in [0, 0.05) is 19.3 Å². The molecule has 0 saturated carbocycles. The van der Waals surface area contributed by atoms with E-state index in [0.29, 0.717) is 0 Å². The monoisotopic (exact) mass is 202 g/mol. The third kappa shape index (κ3) is 2.69. The van der Waals surface area contributed by atoms with Crippen LogP contribution in [0, 0.1) is 0 Å². The first kappa shape index (κ1) is 12.0. The molecule has 0 N–H and O–H groups in total. The Bertz CT molecular complexity index is 185. The highest BCUT2D eigenvalue weighted by molar-refractivity contribution is 4.77. The summed E-state index contributed by atoms with van der Waals surface area (Å²) in [4.78, 5) is 10.9. The molecule has 0 aromatic heterocycles. The molecule has 1 atom stereocenters. The van der Waals surface area contributed by atoms with Crippen LogP contribution in [0.1, 0.15) is 53.9 Å². The van der Waals surface area contributed by atoms with Crippen molar-refractivity contribution in [2.75, 3.05) is 0 Å². The normalized spacial score (nSPS) is 31.1. The minimum Gasteiger partial charge on any atom is -0.344 e. The first-order chi connectivity index (χ1) is 6.43.